The standard InChI is InChI=1S/C15H12ClN5S/c1-9-19-20-15-21(9)18-8-12-6-11(7-17-14(12)22-15)10-2-4-13(16)5-3-10/h2-6,8,11H,7H2,1H3. The summed E-state index contributed by atoms with van der Waals surface area (Å²) < 4.78 is 1.74. The second-order valence-corrected chi connectivity index (χ2v) is 6.51. The van der Waals surface area contributed by atoms with Crippen molar-refractivity contribution >= 4 is 34.6 Å². The molecule has 22 heavy (non-hydrogen) atoms. The number of dihydropyridines is 1. The van der Waals surface area contributed by atoms with Crippen molar-refractivity contribution in [3.8, 4) is 0 Å². The molecule has 0 aliphatic carbocycles. The minimum absolute atomic E-state index is 0.243. The van der Waals surface area contributed by atoms with Crippen LogP contribution in [0.25, 0.3) is 0 Å². The minimum atomic E-state index is 0.243. The summed E-state index contributed by atoms with van der Waals surface area (Å²) in [6.45, 7) is 2.60. The number of benzene rings is 1. The molecule has 2 aromatic rings. The molecule has 0 spiro atoms. The molecule has 1 atom stereocenters. The first kappa shape index (κ1) is 13.7. The summed E-state index contributed by atoms with van der Waals surface area (Å²) in [7, 11) is 0. The quantitative estimate of drug-likeness (QED) is 0.806. The van der Waals surface area contributed by atoms with Gasteiger partial charge in [0.2, 0.25) is 5.16 Å². The molecule has 1 aromatic carbocycles. The first-order valence-corrected chi connectivity index (χ1v) is 8.06. The van der Waals surface area contributed by atoms with Crippen LogP contribution in [0, 0.1) is 6.92 Å². The van der Waals surface area contributed by atoms with Gasteiger partial charge < -0.3 is 0 Å². The van der Waals surface area contributed by atoms with Crippen molar-refractivity contribution in [1.82, 2.24) is 14.9 Å². The summed E-state index contributed by atoms with van der Waals surface area (Å²) in [5.41, 5.74) is 2.24. The van der Waals surface area contributed by atoms with Crippen molar-refractivity contribution in [2.24, 2.45) is 10.1 Å². The highest BCUT2D eigenvalue weighted by molar-refractivity contribution is 8.14. The Kier molecular flexibility index (Phi) is 3.35. The Balaban J connectivity index is 1.68. The summed E-state index contributed by atoms with van der Waals surface area (Å²) in [5, 5.41) is 15.1. The third-order valence-electron chi connectivity index (χ3n) is 3.63. The molecule has 0 fully saturated rings. The van der Waals surface area contributed by atoms with Crippen LogP contribution in [0.3, 0.4) is 0 Å². The van der Waals surface area contributed by atoms with Gasteiger partial charge in [-0.05, 0) is 36.4 Å². The molecule has 5 nitrogen and oxygen atoms in total. The van der Waals surface area contributed by atoms with Crippen molar-refractivity contribution in [1.29, 1.82) is 0 Å². The van der Waals surface area contributed by atoms with Gasteiger partial charge in [-0.2, -0.15) is 9.78 Å². The van der Waals surface area contributed by atoms with Gasteiger partial charge in [-0.3, -0.25) is 4.99 Å². The van der Waals surface area contributed by atoms with Crippen molar-refractivity contribution in [2.45, 2.75) is 18.0 Å². The van der Waals surface area contributed by atoms with E-state index < -0.39 is 0 Å². The van der Waals surface area contributed by atoms with E-state index in [0.29, 0.717) is 6.54 Å². The number of rotatable bonds is 1. The molecular formula is C15H12ClN5S. The Morgan fingerprint density at radius 1 is 1.23 bits per heavy atom. The largest absolute Gasteiger partial charge is 0.276 e. The van der Waals surface area contributed by atoms with E-state index in [2.05, 4.69) is 21.4 Å². The maximum atomic E-state index is 5.95. The van der Waals surface area contributed by atoms with Crippen LogP contribution in [0.15, 0.2) is 51.2 Å². The smallest absolute Gasteiger partial charge is 0.218 e. The van der Waals surface area contributed by atoms with Gasteiger partial charge >= 0.3 is 0 Å². The average molecular weight is 330 g/mol. The SMILES string of the molecule is Cc1nnc2n1N=CC1=CC(c3ccc(Cl)cc3)CN=C1S2. The second-order valence-electron chi connectivity index (χ2n) is 5.11. The molecule has 110 valence electrons. The number of aliphatic imine (C=N–C) groups is 1. The third-order valence-corrected chi connectivity index (χ3v) is 4.87. The zero-order valence-electron chi connectivity index (χ0n) is 11.8. The minimum Gasteiger partial charge on any atom is -0.276 e. The van der Waals surface area contributed by atoms with Crippen LogP contribution in [-0.4, -0.2) is 32.7 Å². The molecule has 2 aliphatic rings. The van der Waals surface area contributed by atoms with E-state index in [4.69, 9.17) is 16.6 Å². The molecule has 0 bridgehead atoms. The summed E-state index contributed by atoms with van der Waals surface area (Å²) in [4.78, 5) is 4.71. The van der Waals surface area contributed by atoms with E-state index >= 15 is 0 Å². The van der Waals surface area contributed by atoms with Gasteiger partial charge in [0.25, 0.3) is 0 Å². The fourth-order valence-corrected chi connectivity index (χ4v) is 3.48. The first-order chi connectivity index (χ1) is 10.7. The molecule has 0 saturated carbocycles. The lowest BCUT2D eigenvalue weighted by molar-refractivity contribution is 0.747. The third kappa shape index (κ3) is 2.38. The Labute approximate surface area is 136 Å². The van der Waals surface area contributed by atoms with Crippen molar-refractivity contribution < 1.29 is 0 Å². The number of halogens is 1. The normalized spacial score (nSPS) is 19.8. The maximum Gasteiger partial charge on any atom is 0.218 e. The number of nitrogens with zero attached hydrogens (tertiary/aromatic N) is 5. The van der Waals surface area contributed by atoms with Crippen molar-refractivity contribution in [3.05, 3.63) is 52.3 Å². The molecule has 3 heterocycles. The predicted molar refractivity (Wildman–Crippen MR) is 89.1 cm³/mol. The van der Waals surface area contributed by atoms with Gasteiger partial charge in [0.1, 0.15) is 5.04 Å². The number of thioether (sulfide) groups is 1. The lowest BCUT2D eigenvalue weighted by atomic mass is 9.95. The van der Waals surface area contributed by atoms with Gasteiger partial charge in [0.05, 0.1) is 12.8 Å². The number of aromatic nitrogens is 3. The first-order valence-electron chi connectivity index (χ1n) is 6.87. The van der Waals surface area contributed by atoms with E-state index in [-0.39, 0.29) is 5.92 Å². The van der Waals surface area contributed by atoms with Gasteiger partial charge in [0.15, 0.2) is 5.82 Å². The van der Waals surface area contributed by atoms with Crippen LogP contribution in [0.1, 0.15) is 17.3 Å². The van der Waals surface area contributed by atoms with Crippen molar-refractivity contribution in [3.63, 3.8) is 0 Å². The van der Waals surface area contributed by atoms with Gasteiger partial charge in [-0.15, -0.1) is 10.2 Å². The lowest BCUT2D eigenvalue weighted by Crippen LogP contribution is -2.12. The predicted octanol–water partition coefficient (Wildman–Crippen LogP) is 3.30. The zero-order valence-corrected chi connectivity index (χ0v) is 13.3. The molecular weight excluding hydrogens is 318 g/mol. The highest BCUT2D eigenvalue weighted by atomic mass is 35.5. The summed E-state index contributed by atoms with van der Waals surface area (Å²) in [6, 6.07) is 7.92. The van der Waals surface area contributed by atoms with E-state index in [1.165, 1.54) is 17.3 Å². The van der Waals surface area contributed by atoms with Crippen LogP contribution in [0.2, 0.25) is 5.02 Å². The average Bonchev–Trinajstić information content (AvgIpc) is 2.77. The summed E-state index contributed by atoms with van der Waals surface area (Å²) >= 11 is 7.46. The summed E-state index contributed by atoms with van der Waals surface area (Å²) in [6.07, 6.45) is 4.04. The van der Waals surface area contributed by atoms with E-state index in [1.807, 2.05) is 37.4 Å². The molecule has 7 heteroatoms. The van der Waals surface area contributed by atoms with Crippen LogP contribution in [0.4, 0.5) is 0 Å². The number of fused-ring (bicyclic) bond motifs is 2. The molecule has 0 saturated heterocycles. The van der Waals surface area contributed by atoms with Gasteiger partial charge in [0, 0.05) is 16.5 Å². The zero-order chi connectivity index (χ0) is 15.1. The molecule has 0 radical (unpaired) electrons. The van der Waals surface area contributed by atoms with Crippen LogP contribution < -0.4 is 0 Å². The molecule has 0 amide bonds. The molecule has 4 rings (SSSR count). The summed E-state index contributed by atoms with van der Waals surface area (Å²) in [5.74, 6) is 1.01. The van der Waals surface area contributed by atoms with E-state index in [0.717, 1.165) is 26.6 Å². The molecule has 1 unspecified atom stereocenters. The number of aryl methyl sites for hydroxylation is 1. The molecule has 0 N–H and O–H groups in total. The Morgan fingerprint density at radius 2 is 2.05 bits per heavy atom. The van der Waals surface area contributed by atoms with Crippen LogP contribution >= 0.6 is 23.4 Å². The fourth-order valence-electron chi connectivity index (χ4n) is 2.46. The van der Waals surface area contributed by atoms with Gasteiger partial charge in [-0.1, -0.05) is 29.8 Å². The Morgan fingerprint density at radius 3 is 2.86 bits per heavy atom. The Bertz CT molecular complexity index is 819. The van der Waals surface area contributed by atoms with E-state index in [1.54, 1.807) is 4.68 Å². The fraction of sp³-hybridized carbons (Fsp3) is 0.200. The monoisotopic (exact) mass is 329 g/mol. The van der Waals surface area contributed by atoms with Crippen LogP contribution in [-0.2, 0) is 0 Å². The highest BCUT2D eigenvalue weighted by Crippen LogP contribution is 2.31. The maximum absolute atomic E-state index is 5.95. The van der Waals surface area contributed by atoms with Crippen molar-refractivity contribution in [2.75, 3.05) is 6.54 Å². The van der Waals surface area contributed by atoms with E-state index in [9.17, 15) is 0 Å². The van der Waals surface area contributed by atoms with Crippen LogP contribution in [0.5, 0.6) is 0 Å². The number of hydrogen-bond donors (Lipinski definition) is 0. The molecule has 1 aromatic heterocycles. The number of hydrogen-bond acceptors (Lipinski definition) is 5. The lowest BCUT2D eigenvalue weighted by Gasteiger charge is -2.18. The topological polar surface area (TPSA) is 55.4 Å². The highest BCUT2D eigenvalue weighted by Gasteiger charge is 2.23. The van der Waals surface area contributed by atoms with Gasteiger partial charge in [-0.25, -0.2) is 0 Å². The molecule has 2 aliphatic heterocycles. The second kappa shape index (κ2) is 5.37. The Hall–Kier alpha value is -1.92.